The number of nitrogens with zero attached hydrogens (tertiary/aromatic N) is 4. The minimum Gasteiger partial charge on any atom is -0.363 e. The molecular formula is C18H18ClFN6O2S. The number of H-pyrrole nitrogens is 1. The summed E-state index contributed by atoms with van der Waals surface area (Å²) < 4.78 is 40.6. The second-order valence-corrected chi connectivity index (χ2v) is 10.0. The van der Waals surface area contributed by atoms with Gasteiger partial charge >= 0.3 is 0 Å². The number of pyridine rings is 1. The molecule has 4 heterocycles. The largest absolute Gasteiger partial charge is 0.363 e. The topological polar surface area (TPSA) is 104 Å². The molecule has 0 spiro atoms. The van der Waals surface area contributed by atoms with Gasteiger partial charge in [0.05, 0.1) is 16.5 Å². The first-order valence-electron chi connectivity index (χ1n) is 9.33. The van der Waals surface area contributed by atoms with E-state index in [1.807, 2.05) is 0 Å². The number of anilines is 1. The maximum atomic E-state index is 14.4. The lowest BCUT2D eigenvalue weighted by Gasteiger charge is -2.17. The van der Waals surface area contributed by atoms with Crippen LogP contribution in [-0.2, 0) is 10.0 Å². The summed E-state index contributed by atoms with van der Waals surface area (Å²) in [5, 5.41) is 4.01. The molecule has 11 heteroatoms. The molecule has 0 radical (unpaired) electrons. The minimum absolute atomic E-state index is 0.0509. The second kappa shape index (κ2) is 6.89. The van der Waals surface area contributed by atoms with Gasteiger partial charge in [-0.1, -0.05) is 11.6 Å². The molecule has 1 aliphatic carbocycles. The third-order valence-corrected chi connectivity index (χ3v) is 7.85. The number of nitrogens with one attached hydrogen (secondary N) is 2. The number of fused-ring (bicyclic) bond motifs is 1. The molecule has 0 unspecified atom stereocenters. The first kappa shape index (κ1) is 18.7. The summed E-state index contributed by atoms with van der Waals surface area (Å²) in [7, 11) is -3.23. The van der Waals surface area contributed by atoms with Crippen LogP contribution in [0.1, 0.15) is 19.3 Å². The zero-order valence-corrected chi connectivity index (χ0v) is 16.8. The van der Waals surface area contributed by atoms with Crippen molar-refractivity contribution in [3.8, 4) is 11.4 Å². The summed E-state index contributed by atoms with van der Waals surface area (Å²) in [5.41, 5.74) is 1.28. The van der Waals surface area contributed by atoms with Gasteiger partial charge in [0.15, 0.2) is 17.5 Å². The number of rotatable bonds is 5. The fourth-order valence-electron chi connectivity index (χ4n) is 3.61. The van der Waals surface area contributed by atoms with E-state index in [1.54, 1.807) is 12.3 Å². The first-order chi connectivity index (χ1) is 13.9. The highest BCUT2D eigenvalue weighted by molar-refractivity contribution is 7.90. The van der Waals surface area contributed by atoms with Crippen molar-refractivity contribution in [2.45, 2.75) is 30.6 Å². The standard InChI is InChI=1S/C18H18ClFN6O2S/c19-10-5-13-14(7-22-16(13)21-6-10)17-23-8-15(20)18(25-17)24-11-3-4-26(9-11)29(27,28)12-1-2-12/h5-8,11-12H,1-4,9H2,(H,21,22)(H,23,24,25)/t11-/m0/s1. The molecule has 152 valence electrons. The van der Waals surface area contributed by atoms with Gasteiger partial charge < -0.3 is 10.3 Å². The number of sulfonamides is 1. The van der Waals surface area contributed by atoms with Gasteiger partial charge in [-0.05, 0) is 25.3 Å². The molecular weight excluding hydrogens is 419 g/mol. The van der Waals surface area contributed by atoms with Gasteiger partial charge in [-0.3, -0.25) is 0 Å². The SMILES string of the molecule is O=S(=O)(C1CC1)N1CC[C@H](Nc2nc(-c3c[nH]c4ncc(Cl)cc34)ncc2F)C1. The van der Waals surface area contributed by atoms with Crippen molar-refractivity contribution in [2.75, 3.05) is 18.4 Å². The van der Waals surface area contributed by atoms with Crippen LogP contribution in [0.2, 0.25) is 5.02 Å². The molecule has 3 aromatic heterocycles. The molecule has 5 rings (SSSR count). The molecule has 2 fully saturated rings. The van der Waals surface area contributed by atoms with E-state index >= 15 is 0 Å². The van der Waals surface area contributed by atoms with Crippen LogP contribution in [0.5, 0.6) is 0 Å². The molecule has 1 aliphatic heterocycles. The van der Waals surface area contributed by atoms with E-state index in [-0.39, 0.29) is 17.1 Å². The van der Waals surface area contributed by atoms with E-state index in [0.717, 1.165) is 24.4 Å². The summed E-state index contributed by atoms with van der Waals surface area (Å²) in [6.07, 6.45) is 6.38. The third-order valence-electron chi connectivity index (χ3n) is 5.28. The van der Waals surface area contributed by atoms with Gasteiger partial charge in [-0.2, -0.15) is 4.31 Å². The van der Waals surface area contributed by atoms with Gasteiger partial charge in [0.1, 0.15) is 5.65 Å². The smallest absolute Gasteiger partial charge is 0.217 e. The number of aromatic nitrogens is 4. The van der Waals surface area contributed by atoms with Crippen molar-refractivity contribution in [1.29, 1.82) is 0 Å². The van der Waals surface area contributed by atoms with Crippen molar-refractivity contribution < 1.29 is 12.8 Å². The van der Waals surface area contributed by atoms with E-state index < -0.39 is 15.8 Å². The zero-order valence-electron chi connectivity index (χ0n) is 15.3. The molecule has 3 aromatic rings. The lowest BCUT2D eigenvalue weighted by molar-refractivity contribution is 0.473. The normalized spacial score (nSPS) is 20.4. The average Bonchev–Trinajstić information content (AvgIpc) is 3.32. The maximum absolute atomic E-state index is 14.4. The van der Waals surface area contributed by atoms with Crippen LogP contribution in [0.15, 0.2) is 24.7 Å². The number of hydrogen-bond acceptors (Lipinski definition) is 6. The Balaban J connectivity index is 1.39. The van der Waals surface area contributed by atoms with Gasteiger partial charge in [0.25, 0.3) is 0 Å². The monoisotopic (exact) mass is 436 g/mol. The van der Waals surface area contributed by atoms with Crippen LogP contribution in [-0.4, -0.2) is 57.0 Å². The van der Waals surface area contributed by atoms with Gasteiger partial charge in [-0.15, -0.1) is 0 Å². The van der Waals surface area contributed by atoms with E-state index in [4.69, 9.17) is 11.6 Å². The van der Waals surface area contributed by atoms with Crippen molar-refractivity contribution in [2.24, 2.45) is 0 Å². The van der Waals surface area contributed by atoms with Crippen molar-refractivity contribution in [3.05, 3.63) is 35.5 Å². The molecule has 8 nitrogen and oxygen atoms in total. The molecule has 29 heavy (non-hydrogen) atoms. The van der Waals surface area contributed by atoms with Crippen molar-refractivity contribution in [3.63, 3.8) is 0 Å². The third kappa shape index (κ3) is 3.45. The molecule has 2 N–H and O–H groups in total. The number of aromatic amines is 1. The maximum Gasteiger partial charge on any atom is 0.217 e. The lowest BCUT2D eigenvalue weighted by atomic mass is 10.2. The zero-order chi connectivity index (χ0) is 20.2. The van der Waals surface area contributed by atoms with Crippen LogP contribution in [0.3, 0.4) is 0 Å². The van der Waals surface area contributed by atoms with E-state index in [0.29, 0.717) is 41.6 Å². The molecule has 1 saturated heterocycles. The Morgan fingerprint density at radius 1 is 1.24 bits per heavy atom. The summed E-state index contributed by atoms with van der Waals surface area (Å²) in [6, 6.07) is 1.53. The lowest BCUT2D eigenvalue weighted by Crippen LogP contribution is -2.34. The Labute approximate surface area is 171 Å². The minimum atomic E-state index is -3.23. The average molecular weight is 437 g/mol. The molecule has 1 atom stereocenters. The predicted octanol–water partition coefficient (Wildman–Crippen LogP) is 2.79. The molecule has 1 saturated carbocycles. The van der Waals surface area contributed by atoms with Crippen molar-refractivity contribution in [1.82, 2.24) is 24.2 Å². The highest BCUT2D eigenvalue weighted by Crippen LogP contribution is 2.33. The fraction of sp³-hybridized carbons (Fsp3) is 0.389. The van der Waals surface area contributed by atoms with E-state index in [9.17, 15) is 12.8 Å². The number of halogens is 2. The summed E-state index contributed by atoms with van der Waals surface area (Å²) in [6.45, 7) is 0.743. The molecule has 0 amide bonds. The highest BCUT2D eigenvalue weighted by Gasteiger charge is 2.42. The van der Waals surface area contributed by atoms with Gasteiger partial charge in [-0.25, -0.2) is 27.8 Å². The van der Waals surface area contributed by atoms with E-state index in [1.165, 1.54) is 10.5 Å². The summed E-state index contributed by atoms with van der Waals surface area (Å²) in [5.74, 6) is -0.215. The number of hydrogen-bond donors (Lipinski definition) is 2. The first-order valence-corrected chi connectivity index (χ1v) is 11.2. The Morgan fingerprint density at radius 3 is 2.86 bits per heavy atom. The predicted molar refractivity (Wildman–Crippen MR) is 108 cm³/mol. The highest BCUT2D eigenvalue weighted by atomic mass is 35.5. The Hall–Kier alpha value is -2.30. The van der Waals surface area contributed by atoms with Crippen molar-refractivity contribution >= 4 is 38.5 Å². The van der Waals surface area contributed by atoms with Gasteiger partial charge in [0.2, 0.25) is 10.0 Å². The Kier molecular flexibility index (Phi) is 4.45. The van der Waals surface area contributed by atoms with Crippen LogP contribution >= 0.6 is 11.6 Å². The summed E-state index contributed by atoms with van der Waals surface area (Å²) in [4.78, 5) is 15.7. The molecule has 2 aliphatic rings. The molecule has 0 aromatic carbocycles. The molecule has 0 bridgehead atoms. The van der Waals surface area contributed by atoms with Crippen LogP contribution in [0.4, 0.5) is 10.2 Å². The Morgan fingerprint density at radius 2 is 2.07 bits per heavy atom. The van der Waals surface area contributed by atoms with Crippen LogP contribution < -0.4 is 5.32 Å². The Bertz CT molecular complexity index is 1200. The van der Waals surface area contributed by atoms with Crippen LogP contribution in [0, 0.1) is 5.82 Å². The quantitative estimate of drug-likeness (QED) is 0.637. The van der Waals surface area contributed by atoms with Crippen LogP contribution in [0.25, 0.3) is 22.4 Å². The van der Waals surface area contributed by atoms with E-state index in [2.05, 4.69) is 25.3 Å². The fourth-order valence-corrected chi connectivity index (χ4v) is 5.67. The summed E-state index contributed by atoms with van der Waals surface area (Å²) >= 11 is 6.04. The van der Waals surface area contributed by atoms with Gasteiger partial charge in [0, 0.05) is 42.5 Å². The second-order valence-electron chi connectivity index (χ2n) is 7.37.